The highest BCUT2D eigenvalue weighted by Crippen LogP contribution is 2.28. The molecule has 0 radical (unpaired) electrons. The third-order valence-corrected chi connectivity index (χ3v) is 5.92. The SMILES string of the molecule is O=C(NCCCNc1ccc(C(F)(F)F)cn1)c1cccc(S(=O)(=O)Nc2ccccc2F)c1. The Morgan fingerprint density at radius 2 is 1.74 bits per heavy atom. The number of anilines is 2. The second-order valence-corrected chi connectivity index (χ2v) is 8.76. The number of benzene rings is 2. The van der Waals surface area contributed by atoms with E-state index in [1.165, 1.54) is 48.5 Å². The maximum absolute atomic E-state index is 13.8. The van der Waals surface area contributed by atoms with Crippen molar-refractivity contribution < 1.29 is 30.8 Å². The second kappa shape index (κ2) is 10.5. The van der Waals surface area contributed by atoms with E-state index in [0.717, 1.165) is 18.3 Å². The number of para-hydroxylation sites is 1. The first kappa shape index (κ1) is 25.0. The fraction of sp³-hybridized carbons (Fsp3) is 0.182. The van der Waals surface area contributed by atoms with E-state index in [4.69, 9.17) is 0 Å². The van der Waals surface area contributed by atoms with Gasteiger partial charge in [-0.1, -0.05) is 18.2 Å². The van der Waals surface area contributed by atoms with Crippen LogP contribution in [0.5, 0.6) is 0 Å². The van der Waals surface area contributed by atoms with E-state index in [0.29, 0.717) is 13.0 Å². The summed E-state index contributed by atoms with van der Waals surface area (Å²) in [6, 6.07) is 12.7. The number of aromatic nitrogens is 1. The topological polar surface area (TPSA) is 100 Å². The van der Waals surface area contributed by atoms with Crippen LogP contribution < -0.4 is 15.4 Å². The molecule has 0 saturated carbocycles. The van der Waals surface area contributed by atoms with Crippen LogP contribution in [0, 0.1) is 5.82 Å². The molecular weight excluding hydrogens is 476 g/mol. The number of nitrogens with one attached hydrogen (secondary N) is 3. The Kier molecular flexibility index (Phi) is 7.72. The predicted molar refractivity (Wildman–Crippen MR) is 118 cm³/mol. The van der Waals surface area contributed by atoms with Crippen LogP contribution in [0.25, 0.3) is 0 Å². The summed E-state index contributed by atoms with van der Waals surface area (Å²) in [5, 5.41) is 5.47. The third-order valence-electron chi connectivity index (χ3n) is 4.56. The average molecular weight is 496 g/mol. The average Bonchev–Trinajstić information content (AvgIpc) is 2.80. The molecule has 1 aromatic heterocycles. The number of hydrogen-bond acceptors (Lipinski definition) is 5. The molecule has 0 aliphatic heterocycles. The zero-order valence-corrected chi connectivity index (χ0v) is 18.4. The summed E-state index contributed by atoms with van der Waals surface area (Å²) in [5.74, 6) is -0.990. The standard InChI is InChI=1S/C22H20F4N4O3S/c23-18-7-1-2-8-19(18)30-34(32,33)17-6-3-5-15(13-17)21(31)28-12-4-11-27-20-10-9-16(14-29-20)22(24,25)26/h1-3,5-10,13-14,30H,4,11-12H2,(H,27,29)(H,28,31). The molecule has 0 fully saturated rings. The van der Waals surface area contributed by atoms with Crippen LogP contribution >= 0.6 is 0 Å². The molecule has 0 bridgehead atoms. The van der Waals surface area contributed by atoms with Crippen molar-refractivity contribution in [3.05, 3.63) is 83.8 Å². The van der Waals surface area contributed by atoms with Crippen LogP contribution in [0.1, 0.15) is 22.3 Å². The van der Waals surface area contributed by atoms with Gasteiger partial charge in [0.2, 0.25) is 0 Å². The first-order chi connectivity index (χ1) is 16.1. The second-order valence-electron chi connectivity index (χ2n) is 7.08. The summed E-state index contributed by atoms with van der Waals surface area (Å²) in [7, 11) is -4.12. The number of pyridine rings is 1. The van der Waals surface area contributed by atoms with Gasteiger partial charge in [0, 0.05) is 24.8 Å². The predicted octanol–water partition coefficient (Wildman–Crippen LogP) is 4.27. The first-order valence-electron chi connectivity index (χ1n) is 9.99. The summed E-state index contributed by atoms with van der Waals surface area (Å²) in [4.78, 5) is 15.9. The first-order valence-corrected chi connectivity index (χ1v) is 11.5. The van der Waals surface area contributed by atoms with Gasteiger partial charge in [0.25, 0.3) is 15.9 Å². The highest BCUT2D eigenvalue weighted by atomic mass is 32.2. The van der Waals surface area contributed by atoms with Gasteiger partial charge in [-0.2, -0.15) is 13.2 Å². The molecule has 0 unspecified atom stereocenters. The lowest BCUT2D eigenvalue weighted by atomic mass is 10.2. The van der Waals surface area contributed by atoms with E-state index in [9.17, 15) is 30.8 Å². The summed E-state index contributed by atoms with van der Waals surface area (Å²) in [6.45, 7) is 0.552. The van der Waals surface area contributed by atoms with Crippen molar-refractivity contribution in [3.63, 3.8) is 0 Å². The molecule has 1 heterocycles. The van der Waals surface area contributed by atoms with E-state index in [1.807, 2.05) is 0 Å². The monoisotopic (exact) mass is 496 g/mol. The Morgan fingerprint density at radius 1 is 0.971 bits per heavy atom. The van der Waals surface area contributed by atoms with Gasteiger partial charge < -0.3 is 10.6 Å². The molecule has 12 heteroatoms. The van der Waals surface area contributed by atoms with Gasteiger partial charge in [-0.15, -0.1) is 0 Å². The molecule has 0 aliphatic carbocycles. The normalized spacial score (nSPS) is 11.6. The van der Waals surface area contributed by atoms with Gasteiger partial charge in [-0.05, 0) is 48.9 Å². The molecule has 0 saturated heterocycles. The Bertz CT molecular complexity index is 1250. The Labute approximate surface area is 193 Å². The number of halogens is 4. The van der Waals surface area contributed by atoms with Gasteiger partial charge in [0.1, 0.15) is 11.6 Å². The molecule has 2 aromatic carbocycles. The summed E-state index contributed by atoms with van der Waals surface area (Å²) in [6.07, 6.45) is -3.30. The van der Waals surface area contributed by atoms with Crippen molar-refractivity contribution in [1.82, 2.24) is 10.3 Å². The lowest BCUT2D eigenvalue weighted by Crippen LogP contribution is -2.26. The van der Waals surface area contributed by atoms with Gasteiger partial charge >= 0.3 is 6.18 Å². The summed E-state index contributed by atoms with van der Waals surface area (Å²) < 4.78 is 78.6. The highest BCUT2D eigenvalue weighted by molar-refractivity contribution is 7.92. The number of carbonyl (C=O) groups excluding carboxylic acids is 1. The minimum atomic E-state index is -4.46. The van der Waals surface area contributed by atoms with Crippen molar-refractivity contribution in [3.8, 4) is 0 Å². The third kappa shape index (κ3) is 6.67. The maximum atomic E-state index is 13.8. The minimum absolute atomic E-state index is 0.0915. The Morgan fingerprint density at radius 3 is 2.41 bits per heavy atom. The molecule has 0 spiro atoms. The van der Waals surface area contributed by atoms with Crippen LogP contribution in [0.2, 0.25) is 0 Å². The molecular formula is C22H20F4N4O3S. The molecule has 34 heavy (non-hydrogen) atoms. The minimum Gasteiger partial charge on any atom is -0.370 e. The molecule has 0 aliphatic rings. The largest absolute Gasteiger partial charge is 0.417 e. The number of sulfonamides is 1. The number of nitrogens with zero attached hydrogens (tertiary/aromatic N) is 1. The molecule has 1 amide bonds. The van der Waals surface area contributed by atoms with Gasteiger partial charge in [0.15, 0.2) is 0 Å². The molecule has 180 valence electrons. The van der Waals surface area contributed by atoms with Crippen LogP contribution in [0.15, 0.2) is 71.8 Å². The lowest BCUT2D eigenvalue weighted by molar-refractivity contribution is -0.137. The molecule has 0 atom stereocenters. The molecule has 7 nitrogen and oxygen atoms in total. The molecule has 3 aromatic rings. The van der Waals surface area contributed by atoms with Crippen molar-refractivity contribution in [2.24, 2.45) is 0 Å². The lowest BCUT2D eigenvalue weighted by Gasteiger charge is -2.11. The molecule has 3 rings (SSSR count). The fourth-order valence-corrected chi connectivity index (χ4v) is 3.94. The zero-order valence-electron chi connectivity index (χ0n) is 17.6. The van der Waals surface area contributed by atoms with Gasteiger partial charge in [-0.3, -0.25) is 9.52 Å². The van der Waals surface area contributed by atoms with E-state index in [1.54, 1.807) is 0 Å². The van der Waals surface area contributed by atoms with Crippen LogP contribution in [0.3, 0.4) is 0 Å². The van der Waals surface area contributed by atoms with Crippen LogP contribution in [-0.4, -0.2) is 32.4 Å². The van der Waals surface area contributed by atoms with E-state index < -0.39 is 33.5 Å². The fourth-order valence-electron chi connectivity index (χ4n) is 2.83. The van der Waals surface area contributed by atoms with E-state index >= 15 is 0 Å². The number of carbonyl (C=O) groups is 1. The van der Waals surface area contributed by atoms with Crippen LogP contribution in [-0.2, 0) is 16.2 Å². The number of amides is 1. The Balaban J connectivity index is 1.51. The van der Waals surface area contributed by atoms with Gasteiger partial charge in [-0.25, -0.2) is 17.8 Å². The zero-order chi connectivity index (χ0) is 24.8. The highest BCUT2D eigenvalue weighted by Gasteiger charge is 2.30. The summed E-state index contributed by atoms with van der Waals surface area (Å²) >= 11 is 0. The molecule has 3 N–H and O–H groups in total. The number of rotatable bonds is 9. The van der Waals surface area contributed by atoms with Crippen molar-refractivity contribution in [2.75, 3.05) is 23.1 Å². The number of alkyl halides is 3. The maximum Gasteiger partial charge on any atom is 0.417 e. The van der Waals surface area contributed by atoms with Crippen molar-refractivity contribution in [2.45, 2.75) is 17.5 Å². The Hall–Kier alpha value is -3.67. The van der Waals surface area contributed by atoms with E-state index in [2.05, 4.69) is 20.3 Å². The summed E-state index contributed by atoms with van der Waals surface area (Å²) in [5.41, 5.74) is -0.972. The van der Waals surface area contributed by atoms with E-state index in [-0.39, 0.29) is 28.5 Å². The van der Waals surface area contributed by atoms with Crippen LogP contribution in [0.4, 0.5) is 29.1 Å². The smallest absolute Gasteiger partial charge is 0.370 e. The number of hydrogen-bond donors (Lipinski definition) is 3. The van der Waals surface area contributed by atoms with Crippen molar-refractivity contribution >= 4 is 27.4 Å². The quantitative estimate of drug-likeness (QED) is 0.304. The van der Waals surface area contributed by atoms with Gasteiger partial charge in [0.05, 0.1) is 16.1 Å². The van der Waals surface area contributed by atoms with Crippen molar-refractivity contribution in [1.29, 1.82) is 0 Å².